The Balaban J connectivity index is 1.56. The highest BCUT2D eigenvalue weighted by Crippen LogP contribution is 2.30. The van der Waals surface area contributed by atoms with Crippen LogP contribution in [0.3, 0.4) is 0 Å². The Morgan fingerprint density at radius 3 is 2.86 bits per heavy atom. The standard InChI is InChI=1S/C21H25N5O2/c1-13-10-14(2)26(25-13)9-8-19-23-17-11-15(12-22-21(27)20(17)24-19)16-6-4-5-7-18(16)28-3/h4-7,10,15H,8-9,11-12H2,1-3H3,(H,22,27)(H,23,24)/t15-/m1/s1. The molecule has 0 aliphatic carbocycles. The molecule has 0 saturated carbocycles. The number of fused-ring (bicyclic) bond motifs is 1. The number of nitrogens with one attached hydrogen (secondary N) is 2. The summed E-state index contributed by atoms with van der Waals surface area (Å²) in [6.07, 6.45) is 1.41. The van der Waals surface area contributed by atoms with Gasteiger partial charge in [-0.05, 0) is 38.0 Å². The molecule has 28 heavy (non-hydrogen) atoms. The van der Waals surface area contributed by atoms with Gasteiger partial charge < -0.3 is 15.0 Å². The van der Waals surface area contributed by atoms with Gasteiger partial charge in [0.1, 0.15) is 17.3 Å². The van der Waals surface area contributed by atoms with Crippen molar-refractivity contribution in [2.75, 3.05) is 13.7 Å². The Morgan fingerprint density at radius 2 is 2.11 bits per heavy atom. The number of carbonyl (C=O) groups is 1. The van der Waals surface area contributed by atoms with Crippen LogP contribution in [0.1, 0.15) is 44.9 Å². The molecule has 1 atom stereocenters. The maximum Gasteiger partial charge on any atom is 0.271 e. The molecule has 0 radical (unpaired) electrons. The fourth-order valence-corrected chi connectivity index (χ4v) is 3.87. The van der Waals surface area contributed by atoms with Crippen molar-refractivity contribution in [3.05, 3.63) is 64.5 Å². The molecule has 146 valence electrons. The van der Waals surface area contributed by atoms with E-state index in [2.05, 4.69) is 32.5 Å². The largest absolute Gasteiger partial charge is 0.496 e. The van der Waals surface area contributed by atoms with Crippen molar-refractivity contribution in [3.63, 3.8) is 0 Å². The van der Waals surface area contributed by atoms with Crippen molar-refractivity contribution in [3.8, 4) is 5.75 Å². The third-order valence-electron chi connectivity index (χ3n) is 5.24. The third kappa shape index (κ3) is 3.52. The van der Waals surface area contributed by atoms with Gasteiger partial charge in [-0.1, -0.05) is 18.2 Å². The number of nitrogens with zero attached hydrogens (tertiary/aromatic N) is 3. The lowest BCUT2D eigenvalue weighted by Gasteiger charge is -2.17. The van der Waals surface area contributed by atoms with Crippen molar-refractivity contribution < 1.29 is 9.53 Å². The summed E-state index contributed by atoms with van der Waals surface area (Å²) in [5, 5.41) is 7.50. The number of aryl methyl sites for hydroxylation is 4. The lowest BCUT2D eigenvalue weighted by atomic mass is 9.93. The van der Waals surface area contributed by atoms with Crippen molar-refractivity contribution in [1.82, 2.24) is 25.1 Å². The minimum Gasteiger partial charge on any atom is -0.496 e. The van der Waals surface area contributed by atoms with E-state index < -0.39 is 0 Å². The summed E-state index contributed by atoms with van der Waals surface area (Å²) in [6, 6.07) is 10.0. The molecule has 0 fully saturated rings. The predicted molar refractivity (Wildman–Crippen MR) is 106 cm³/mol. The van der Waals surface area contributed by atoms with Crippen molar-refractivity contribution in [1.29, 1.82) is 0 Å². The monoisotopic (exact) mass is 379 g/mol. The normalized spacial score (nSPS) is 16.4. The zero-order chi connectivity index (χ0) is 19.7. The van der Waals surface area contributed by atoms with Gasteiger partial charge in [0, 0.05) is 36.8 Å². The molecule has 3 aromatic rings. The molecule has 1 amide bonds. The number of ether oxygens (including phenoxy) is 1. The Labute approximate surface area is 164 Å². The number of para-hydroxylation sites is 1. The summed E-state index contributed by atoms with van der Waals surface area (Å²) >= 11 is 0. The van der Waals surface area contributed by atoms with Crippen LogP contribution in [0.2, 0.25) is 0 Å². The van der Waals surface area contributed by atoms with E-state index in [1.54, 1.807) is 7.11 Å². The first kappa shape index (κ1) is 18.3. The number of benzene rings is 1. The van der Waals surface area contributed by atoms with Crippen molar-refractivity contribution in [2.24, 2.45) is 0 Å². The smallest absolute Gasteiger partial charge is 0.271 e. The van der Waals surface area contributed by atoms with Gasteiger partial charge in [0.15, 0.2) is 0 Å². The van der Waals surface area contributed by atoms with Crippen molar-refractivity contribution >= 4 is 5.91 Å². The molecule has 2 N–H and O–H groups in total. The molecule has 1 aliphatic rings. The first-order valence-corrected chi connectivity index (χ1v) is 9.55. The van der Waals surface area contributed by atoms with Gasteiger partial charge >= 0.3 is 0 Å². The van der Waals surface area contributed by atoms with Crippen LogP contribution in [-0.2, 0) is 19.4 Å². The molecule has 1 aliphatic heterocycles. The maximum absolute atomic E-state index is 12.5. The molecule has 7 nitrogen and oxygen atoms in total. The van der Waals surface area contributed by atoms with Crippen LogP contribution in [0.4, 0.5) is 0 Å². The third-order valence-corrected chi connectivity index (χ3v) is 5.24. The second-order valence-corrected chi connectivity index (χ2v) is 7.26. The van der Waals surface area contributed by atoms with E-state index in [0.717, 1.165) is 40.8 Å². The maximum atomic E-state index is 12.5. The summed E-state index contributed by atoms with van der Waals surface area (Å²) in [5.74, 6) is 1.66. The average molecular weight is 379 g/mol. The van der Waals surface area contributed by atoms with Gasteiger partial charge in [0.05, 0.1) is 12.8 Å². The molecule has 0 saturated heterocycles. The lowest BCUT2D eigenvalue weighted by Crippen LogP contribution is -2.26. The van der Waals surface area contributed by atoms with Crippen LogP contribution in [-0.4, -0.2) is 39.3 Å². The summed E-state index contributed by atoms with van der Waals surface area (Å²) in [5.41, 5.74) is 4.61. The number of amides is 1. The van der Waals surface area contributed by atoms with Crippen LogP contribution in [0.5, 0.6) is 5.75 Å². The van der Waals surface area contributed by atoms with E-state index in [1.807, 2.05) is 36.7 Å². The van der Waals surface area contributed by atoms with Crippen molar-refractivity contribution in [2.45, 2.75) is 39.2 Å². The minimum absolute atomic E-state index is 0.124. The number of methoxy groups -OCH3 is 1. The Bertz CT molecular complexity index is 1000. The van der Waals surface area contributed by atoms with Gasteiger partial charge in [-0.25, -0.2) is 4.98 Å². The van der Waals surface area contributed by atoms with E-state index in [0.29, 0.717) is 25.1 Å². The van der Waals surface area contributed by atoms with Gasteiger partial charge in [-0.3, -0.25) is 9.48 Å². The lowest BCUT2D eigenvalue weighted by molar-refractivity contribution is 0.0950. The molecule has 0 spiro atoms. The molecule has 0 bridgehead atoms. The Morgan fingerprint density at radius 1 is 1.29 bits per heavy atom. The Hall–Kier alpha value is -3.09. The first-order valence-electron chi connectivity index (χ1n) is 9.55. The van der Waals surface area contributed by atoms with E-state index in [9.17, 15) is 4.79 Å². The highest BCUT2D eigenvalue weighted by molar-refractivity contribution is 5.94. The SMILES string of the molecule is COc1ccccc1[C@H]1CNC(=O)c2nc(CCn3nc(C)cc3C)[nH]c2C1. The van der Waals surface area contributed by atoms with Crippen LogP contribution in [0.15, 0.2) is 30.3 Å². The molecule has 3 heterocycles. The highest BCUT2D eigenvalue weighted by Gasteiger charge is 2.27. The zero-order valence-corrected chi connectivity index (χ0v) is 16.5. The summed E-state index contributed by atoms with van der Waals surface area (Å²) in [6.45, 7) is 5.32. The van der Waals surface area contributed by atoms with E-state index in [-0.39, 0.29) is 11.8 Å². The van der Waals surface area contributed by atoms with Crippen LogP contribution >= 0.6 is 0 Å². The zero-order valence-electron chi connectivity index (χ0n) is 16.5. The van der Waals surface area contributed by atoms with Gasteiger partial charge in [-0.15, -0.1) is 0 Å². The summed E-state index contributed by atoms with van der Waals surface area (Å²) in [4.78, 5) is 20.5. The average Bonchev–Trinajstić information content (AvgIpc) is 3.20. The molecule has 2 aromatic heterocycles. The van der Waals surface area contributed by atoms with E-state index in [4.69, 9.17) is 4.74 Å². The number of aromatic nitrogens is 4. The number of hydrogen-bond donors (Lipinski definition) is 2. The highest BCUT2D eigenvalue weighted by atomic mass is 16.5. The number of hydrogen-bond acceptors (Lipinski definition) is 4. The molecular weight excluding hydrogens is 354 g/mol. The molecule has 0 unspecified atom stereocenters. The second kappa shape index (κ2) is 7.50. The quantitative estimate of drug-likeness (QED) is 0.713. The first-order chi connectivity index (χ1) is 13.5. The molecule has 4 rings (SSSR count). The topological polar surface area (TPSA) is 84.8 Å². The van der Waals surface area contributed by atoms with Crippen LogP contribution in [0, 0.1) is 13.8 Å². The summed E-state index contributed by atoms with van der Waals surface area (Å²) < 4.78 is 7.48. The van der Waals surface area contributed by atoms with Gasteiger partial charge in [-0.2, -0.15) is 5.10 Å². The molecule has 7 heteroatoms. The van der Waals surface area contributed by atoms with Crippen LogP contribution < -0.4 is 10.1 Å². The van der Waals surface area contributed by atoms with E-state index in [1.165, 1.54) is 0 Å². The Kier molecular flexibility index (Phi) is 4.90. The minimum atomic E-state index is -0.124. The fraction of sp³-hybridized carbons (Fsp3) is 0.381. The number of H-pyrrole nitrogens is 1. The molecule has 1 aromatic carbocycles. The van der Waals surface area contributed by atoms with Gasteiger partial charge in [0.2, 0.25) is 0 Å². The summed E-state index contributed by atoms with van der Waals surface area (Å²) in [7, 11) is 1.67. The number of carbonyl (C=O) groups excluding carboxylic acids is 1. The number of rotatable bonds is 5. The predicted octanol–water partition coefficient (Wildman–Crippen LogP) is 2.54. The van der Waals surface area contributed by atoms with Crippen LogP contribution in [0.25, 0.3) is 0 Å². The number of aromatic amines is 1. The fourth-order valence-electron chi connectivity index (χ4n) is 3.87. The second-order valence-electron chi connectivity index (χ2n) is 7.26. The number of imidazole rings is 1. The van der Waals surface area contributed by atoms with Gasteiger partial charge in [0.25, 0.3) is 5.91 Å². The molecular formula is C21H25N5O2. The van der Waals surface area contributed by atoms with E-state index >= 15 is 0 Å².